The highest BCUT2D eigenvalue weighted by atomic mass is 79.9. The first kappa shape index (κ1) is 12.3. The molecule has 0 saturated carbocycles. The highest BCUT2D eigenvalue weighted by Gasteiger charge is 2.12. The maximum atomic E-state index is 9.28. The molecule has 2 rings (SSSR count). The van der Waals surface area contributed by atoms with E-state index in [0.717, 1.165) is 11.1 Å². The number of rotatable bonds is 1. The summed E-state index contributed by atoms with van der Waals surface area (Å²) in [4.78, 5) is 0. The van der Waals surface area contributed by atoms with Gasteiger partial charge in [-0.05, 0) is 39.2 Å². The third-order valence-corrected chi connectivity index (χ3v) is 3.15. The Balaban J connectivity index is 2.52. The van der Waals surface area contributed by atoms with Crippen LogP contribution in [0.25, 0.3) is 5.57 Å². The number of hydrogen-bond donors (Lipinski definition) is 1. The van der Waals surface area contributed by atoms with Gasteiger partial charge in [0, 0.05) is 4.48 Å². The van der Waals surface area contributed by atoms with E-state index in [1.54, 1.807) is 18.2 Å². The molecule has 0 fully saturated rings. The van der Waals surface area contributed by atoms with Crippen molar-refractivity contribution >= 4 is 27.2 Å². The summed E-state index contributed by atoms with van der Waals surface area (Å²) in [6.45, 7) is 0. The van der Waals surface area contributed by atoms with Crippen LogP contribution in [-0.4, -0.2) is 10.9 Å². The molecule has 1 aromatic carbocycles. The maximum absolute atomic E-state index is 9.28. The van der Waals surface area contributed by atoms with Gasteiger partial charge in [0.1, 0.15) is 11.8 Å². The smallest absolute Gasteiger partial charge is 0.116 e. The van der Waals surface area contributed by atoms with Crippen LogP contribution in [0.5, 0.6) is 0 Å². The number of nitrogens with zero attached hydrogens (tertiary/aromatic N) is 2. The average molecular weight is 301 g/mol. The predicted molar refractivity (Wildman–Crippen MR) is 74.3 cm³/mol. The highest BCUT2D eigenvalue weighted by Crippen LogP contribution is 2.26. The molecule has 0 radical (unpaired) electrons. The minimum absolute atomic E-state index is 0.434. The first-order valence-corrected chi connectivity index (χ1v) is 6.03. The summed E-state index contributed by atoms with van der Waals surface area (Å²) in [5, 5.41) is 21.2. The minimum atomic E-state index is 0.434. The van der Waals surface area contributed by atoms with Crippen LogP contribution in [0.15, 0.2) is 63.8 Å². The Labute approximate surface area is 113 Å². The standard InChI is InChI=1S/C14H9BrN2O/c15-13-8-11(6-7-14(13)17-18)12(9-16)10-4-2-1-3-5-10/h1-8,18H. The number of allylic oxidation sites excluding steroid dienone is 6. The number of nitriles is 1. The summed E-state index contributed by atoms with van der Waals surface area (Å²) in [6, 6.07) is 11.7. The van der Waals surface area contributed by atoms with Gasteiger partial charge in [0.25, 0.3) is 0 Å². The lowest BCUT2D eigenvalue weighted by Crippen LogP contribution is -2.00. The Kier molecular flexibility index (Phi) is 3.75. The summed E-state index contributed by atoms with van der Waals surface area (Å²) in [7, 11) is 0. The minimum Gasteiger partial charge on any atom is -0.410 e. The van der Waals surface area contributed by atoms with Crippen LogP contribution >= 0.6 is 15.9 Å². The van der Waals surface area contributed by atoms with Crippen LogP contribution in [0.2, 0.25) is 0 Å². The molecule has 0 saturated heterocycles. The van der Waals surface area contributed by atoms with E-state index in [9.17, 15) is 5.26 Å². The molecular weight excluding hydrogens is 292 g/mol. The molecule has 0 aliphatic heterocycles. The van der Waals surface area contributed by atoms with Crippen molar-refractivity contribution in [3.05, 3.63) is 64.2 Å². The van der Waals surface area contributed by atoms with Gasteiger partial charge >= 0.3 is 0 Å². The zero-order valence-electron chi connectivity index (χ0n) is 9.34. The fourth-order valence-electron chi connectivity index (χ4n) is 1.64. The fraction of sp³-hybridized carbons (Fsp3) is 0. The summed E-state index contributed by atoms with van der Waals surface area (Å²) in [6.07, 6.45) is 5.17. The molecule has 4 heteroatoms. The molecule has 88 valence electrons. The van der Waals surface area contributed by atoms with Crippen molar-refractivity contribution in [2.45, 2.75) is 0 Å². The second-order valence-electron chi connectivity index (χ2n) is 3.62. The molecule has 1 aromatic rings. The molecule has 1 N–H and O–H groups in total. The molecule has 1 aliphatic carbocycles. The molecule has 0 heterocycles. The van der Waals surface area contributed by atoms with Gasteiger partial charge in [0.15, 0.2) is 0 Å². The van der Waals surface area contributed by atoms with Crippen molar-refractivity contribution in [3.63, 3.8) is 0 Å². The van der Waals surface area contributed by atoms with Crippen molar-refractivity contribution in [2.75, 3.05) is 0 Å². The normalized spacial score (nSPS) is 19.3. The number of halogens is 1. The van der Waals surface area contributed by atoms with E-state index < -0.39 is 0 Å². The summed E-state index contributed by atoms with van der Waals surface area (Å²) in [5.41, 5.74) is 2.66. The van der Waals surface area contributed by atoms with E-state index in [0.29, 0.717) is 15.8 Å². The van der Waals surface area contributed by atoms with E-state index in [2.05, 4.69) is 27.2 Å². The molecular formula is C14H9BrN2O. The summed E-state index contributed by atoms with van der Waals surface area (Å²) >= 11 is 3.30. The lowest BCUT2D eigenvalue weighted by Gasteiger charge is -2.08. The average Bonchev–Trinajstić information content (AvgIpc) is 2.41. The Hall–Kier alpha value is -2.12. The first-order valence-electron chi connectivity index (χ1n) is 5.23. The van der Waals surface area contributed by atoms with Crippen LogP contribution in [0.1, 0.15) is 5.56 Å². The van der Waals surface area contributed by atoms with Gasteiger partial charge in [0.2, 0.25) is 0 Å². The van der Waals surface area contributed by atoms with Crippen molar-refractivity contribution in [1.29, 1.82) is 5.26 Å². The van der Waals surface area contributed by atoms with Gasteiger partial charge in [-0.1, -0.05) is 41.6 Å². The van der Waals surface area contributed by atoms with Gasteiger partial charge in [-0.25, -0.2) is 0 Å². The monoisotopic (exact) mass is 300 g/mol. The van der Waals surface area contributed by atoms with Crippen molar-refractivity contribution < 1.29 is 5.21 Å². The van der Waals surface area contributed by atoms with Crippen molar-refractivity contribution in [2.24, 2.45) is 5.16 Å². The van der Waals surface area contributed by atoms with Crippen LogP contribution in [-0.2, 0) is 0 Å². The van der Waals surface area contributed by atoms with Gasteiger partial charge in [-0.15, -0.1) is 0 Å². The maximum Gasteiger partial charge on any atom is 0.116 e. The Morgan fingerprint density at radius 1 is 1.22 bits per heavy atom. The Morgan fingerprint density at radius 2 is 1.94 bits per heavy atom. The lowest BCUT2D eigenvalue weighted by atomic mass is 9.97. The summed E-state index contributed by atoms with van der Waals surface area (Å²) < 4.78 is 0.645. The molecule has 18 heavy (non-hydrogen) atoms. The van der Waals surface area contributed by atoms with Crippen molar-refractivity contribution in [3.8, 4) is 6.07 Å². The zero-order chi connectivity index (χ0) is 13.0. The van der Waals surface area contributed by atoms with Gasteiger partial charge in [-0.2, -0.15) is 5.26 Å². The van der Waals surface area contributed by atoms with Gasteiger partial charge < -0.3 is 5.21 Å². The van der Waals surface area contributed by atoms with E-state index >= 15 is 0 Å². The highest BCUT2D eigenvalue weighted by molar-refractivity contribution is 9.12. The predicted octanol–water partition coefficient (Wildman–Crippen LogP) is 3.64. The van der Waals surface area contributed by atoms with E-state index in [4.69, 9.17) is 5.21 Å². The largest absolute Gasteiger partial charge is 0.410 e. The third kappa shape index (κ3) is 2.41. The van der Waals surface area contributed by atoms with Crippen LogP contribution in [0.4, 0.5) is 0 Å². The Bertz CT molecular complexity index is 619. The molecule has 0 bridgehead atoms. The van der Waals surface area contributed by atoms with E-state index in [1.807, 2.05) is 30.3 Å². The first-order chi connectivity index (χ1) is 8.76. The molecule has 0 amide bonds. The Morgan fingerprint density at radius 3 is 2.50 bits per heavy atom. The number of hydrogen-bond acceptors (Lipinski definition) is 3. The second-order valence-corrected chi connectivity index (χ2v) is 4.47. The topological polar surface area (TPSA) is 56.4 Å². The van der Waals surface area contributed by atoms with Gasteiger partial charge in [0.05, 0.1) is 5.57 Å². The molecule has 0 unspecified atom stereocenters. The SMILES string of the molecule is N#CC(=C1C=CC(=NO)C(Br)=C1)c1ccccc1. The van der Waals surface area contributed by atoms with Crippen molar-refractivity contribution in [1.82, 2.24) is 0 Å². The number of benzene rings is 1. The fourth-order valence-corrected chi connectivity index (χ4v) is 2.10. The van der Waals surface area contributed by atoms with Crippen LogP contribution in [0, 0.1) is 11.3 Å². The van der Waals surface area contributed by atoms with E-state index in [-0.39, 0.29) is 0 Å². The molecule has 1 aliphatic rings. The summed E-state index contributed by atoms with van der Waals surface area (Å²) in [5.74, 6) is 0. The van der Waals surface area contributed by atoms with Gasteiger partial charge in [-0.3, -0.25) is 0 Å². The molecule has 0 aromatic heterocycles. The van der Waals surface area contributed by atoms with Crippen LogP contribution in [0.3, 0.4) is 0 Å². The lowest BCUT2D eigenvalue weighted by molar-refractivity contribution is 0.320. The molecule has 0 atom stereocenters. The molecule has 0 spiro atoms. The quantitative estimate of drug-likeness (QED) is 0.489. The number of oxime groups is 1. The zero-order valence-corrected chi connectivity index (χ0v) is 10.9. The van der Waals surface area contributed by atoms with E-state index in [1.165, 1.54) is 0 Å². The molecule has 3 nitrogen and oxygen atoms in total. The third-order valence-electron chi connectivity index (χ3n) is 2.52. The van der Waals surface area contributed by atoms with Crippen LogP contribution < -0.4 is 0 Å². The second kappa shape index (κ2) is 5.48.